The zero-order chi connectivity index (χ0) is 17.9. The Morgan fingerprint density at radius 1 is 0.667 bits per heavy atom. The third kappa shape index (κ3) is 5.99. The van der Waals surface area contributed by atoms with E-state index in [9.17, 15) is 25.5 Å². The molecule has 0 atom stereocenters. The SMILES string of the molecule is OCC(CO)(CO)COCC(CO)(CO)COOc1ccccc1. The zero-order valence-electron chi connectivity index (χ0n) is 13.5. The largest absolute Gasteiger partial charge is 0.396 e. The highest BCUT2D eigenvalue weighted by Gasteiger charge is 2.34. The fourth-order valence-electron chi connectivity index (χ4n) is 1.74. The average Bonchev–Trinajstić information content (AvgIpc) is 2.65. The molecule has 8 nitrogen and oxygen atoms in total. The van der Waals surface area contributed by atoms with E-state index in [1.807, 2.05) is 6.07 Å². The maximum Gasteiger partial charge on any atom is 0.165 e. The van der Waals surface area contributed by atoms with Crippen molar-refractivity contribution >= 4 is 0 Å². The maximum atomic E-state index is 9.55. The lowest BCUT2D eigenvalue weighted by atomic mass is 9.91. The van der Waals surface area contributed by atoms with Gasteiger partial charge in [-0.2, -0.15) is 4.89 Å². The summed E-state index contributed by atoms with van der Waals surface area (Å²) in [6.07, 6.45) is 0. The molecule has 0 fully saturated rings. The molecule has 0 unspecified atom stereocenters. The fraction of sp³-hybridized carbons (Fsp3) is 0.625. The lowest BCUT2D eigenvalue weighted by Gasteiger charge is -2.32. The number of rotatable bonds is 13. The van der Waals surface area contributed by atoms with Gasteiger partial charge in [0.15, 0.2) is 5.75 Å². The first-order chi connectivity index (χ1) is 11.6. The molecule has 138 valence electrons. The number of aliphatic hydroxyl groups is 5. The van der Waals surface area contributed by atoms with Crippen LogP contribution in [-0.2, 0) is 9.62 Å². The van der Waals surface area contributed by atoms with E-state index in [2.05, 4.69) is 0 Å². The Labute approximate surface area is 140 Å². The first-order valence-corrected chi connectivity index (χ1v) is 7.56. The highest BCUT2D eigenvalue weighted by atomic mass is 17.2. The van der Waals surface area contributed by atoms with Crippen molar-refractivity contribution in [3.05, 3.63) is 30.3 Å². The Morgan fingerprint density at radius 2 is 1.17 bits per heavy atom. The molecule has 1 aromatic rings. The van der Waals surface area contributed by atoms with Crippen molar-refractivity contribution < 1.29 is 40.0 Å². The predicted octanol–water partition coefficient (Wildman–Crippen LogP) is -1.05. The number of ether oxygens (including phenoxy) is 1. The quantitative estimate of drug-likeness (QED) is 0.226. The minimum Gasteiger partial charge on any atom is -0.396 e. The first-order valence-electron chi connectivity index (χ1n) is 7.56. The van der Waals surface area contributed by atoms with Crippen LogP contribution in [0.2, 0.25) is 0 Å². The molecule has 24 heavy (non-hydrogen) atoms. The van der Waals surface area contributed by atoms with Crippen LogP contribution in [0, 0.1) is 10.8 Å². The van der Waals surface area contributed by atoms with Gasteiger partial charge in [-0.15, -0.1) is 0 Å². The van der Waals surface area contributed by atoms with Gasteiger partial charge in [0.1, 0.15) is 6.61 Å². The molecule has 0 aliphatic rings. The van der Waals surface area contributed by atoms with Crippen molar-refractivity contribution in [2.75, 3.05) is 52.9 Å². The lowest BCUT2D eigenvalue weighted by Crippen LogP contribution is -2.44. The summed E-state index contributed by atoms with van der Waals surface area (Å²) < 4.78 is 5.39. The number of benzene rings is 1. The maximum absolute atomic E-state index is 9.55. The van der Waals surface area contributed by atoms with Crippen LogP contribution < -0.4 is 4.89 Å². The van der Waals surface area contributed by atoms with Crippen molar-refractivity contribution in [3.63, 3.8) is 0 Å². The standard InChI is InChI=1S/C16H26O8/c17-6-15(7-18,8-19)11-22-12-16(9-20,10-21)13-23-24-14-4-2-1-3-5-14/h1-5,17-21H,6-13H2. The molecular formula is C16H26O8. The summed E-state index contributed by atoms with van der Waals surface area (Å²) in [5.74, 6) is 0.475. The monoisotopic (exact) mass is 346 g/mol. The van der Waals surface area contributed by atoms with Gasteiger partial charge in [0.05, 0.1) is 57.1 Å². The molecule has 0 radical (unpaired) electrons. The Hall–Kier alpha value is -1.26. The second-order valence-electron chi connectivity index (χ2n) is 5.94. The summed E-state index contributed by atoms with van der Waals surface area (Å²) in [7, 11) is 0. The normalized spacial score (nSPS) is 12.4. The van der Waals surface area contributed by atoms with Gasteiger partial charge in [0.25, 0.3) is 0 Å². The Morgan fingerprint density at radius 3 is 1.67 bits per heavy atom. The summed E-state index contributed by atoms with van der Waals surface area (Å²) in [6, 6.07) is 8.74. The summed E-state index contributed by atoms with van der Waals surface area (Å²) in [5.41, 5.74) is -2.31. The summed E-state index contributed by atoms with van der Waals surface area (Å²) in [5, 5.41) is 46.8. The molecular weight excluding hydrogens is 320 g/mol. The van der Waals surface area contributed by atoms with Crippen molar-refractivity contribution in [3.8, 4) is 5.75 Å². The van der Waals surface area contributed by atoms with Gasteiger partial charge < -0.3 is 35.2 Å². The highest BCUT2D eigenvalue weighted by Crippen LogP contribution is 2.21. The second-order valence-corrected chi connectivity index (χ2v) is 5.94. The molecule has 1 aromatic carbocycles. The molecule has 0 saturated carbocycles. The number of hydrogen-bond donors (Lipinski definition) is 5. The van der Waals surface area contributed by atoms with Crippen LogP contribution in [0.4, 0.5) is 0 Å². The number of para-hydroxylation sites is 1. The van der Waals surface area contributed by atoms with Crippen molar-refractivity contribution in [2.24, 2.45) is 10.8 Å². The third-order valence-corrected chi connectivity index (χ3v) is 3.76. The van der Waals surface area contributed by atoms with Crippen LogP contribution in [0.5, 0.6) is 5.75 Å². The number of aliphatic hydroxyl groups excluding tert-OH is 5. The molecule has 0 spiro atoms. The van der Waals surface area contributed by atoms with E-state index in [0.29, 0.717) is 5.75 Å². The average molecular weight is 346 g/mol. The molecule has 0 aliphatic heterocycles. The van der Waals surface area contributed by atoms with Gasteiger partial charge in [0.2, 0.25) is 0 Å². The molecule has 0 amide bonds. The molecule has 0 aliphatic carbocycles. The molecule has 0 heterocycles. The third-order valence-electron chi connectivity index (χ3n) is 3.76. The van der Waals surface area contributed by atoms with E-state index in [1.54, 1.807) is 24.3 Å². The molecule has 0 aromatic heterocycles. The Kier molecular flexibility index (Phi) is 9.16. The summed E-state index contributed by atoms with van der Waals surface area (Å²) in [4.78, 5) is 10.2. The van der Waals surface area contributed by atoms with Crippen LogP contribution in [0.15, 0.2) is 30.3 Å². The second kappa shape index (κ2) is 10.6. The van der Waals surface area contributed by atoms with E-state index < -0.39 is 43.9 Å². The van der Waals surface area contributed by atoms with Gasteiger partial charge >= 0.3 is 0 Å². The Bertz CT molecular complexity index is 423. The van der Waals surface area contributed by atoms with Gasteiger partial charge in [-0.05, 0) is 12.1 Å². The van der Waals surface area contributed by atoms with Gasteiger partial charge in [0, 0.05) is 0 Å². The van der Waals surface area contributed by atoms with E-state index in [0.717, 1.165) is 0 Å². The highest BCUT2D eigenvalue weighted by molar-refractivity contribution is 5.20. The van der Waals surface area contributed by atoms with E-state index in [-0.39, 0.29) is 19.8 Å². The summed E-state index contributed by atoms with van der Waals surface area (Å²) in [6.45, 7) is -2.62. The minimum absolute atomic E-state index is 0.111. The Balaban J connectivity index is 2.51. The molecule has 1 rings (SSSR count). The van der Waals surface area contributed by atoms with Crippen LogP contribution >= 0.6 is 0 Å². The van der Waals surface area contributed by atoms with Crippen LogP contribution in [0.3, 0.4) is 0 Å². The predicted molar refractivity (Wildman–Crippen MR) is 84.1 cm³/mol. The van der Waals surface area contributed by atoms with Gasteiger partial charge in [-0.25, -0.2) is 0 Å². The summed E-state index contributed by atoms with van der Waals surface area (Å²) >= 11 is 0. The van der Waals surface area contributed by atoms with Crippen molar-refractivity contribution in [1.82, 2.24) is 0 Å². The lowest BCUT2D eigenvalue weighted by molar-refractivity contribution is -0.245. The molecule has 5 N–H and O–H groups in total. The smallest absolute Gasteiger partial charge is 0.165 e. The van der Waals surface area contributed by atoms with Crippen molar-refractivity contribution in [1.29, 1.82) is 0 Å². The van der Waals surface area contributed by atoms with Crippen LogP contribution in [0.25, 0.3) is 0 Å². The van der Waals surface area contributed by atoms with Gasteiger partial charge in [-0.3, -0.25) is 0 Å². The fourth-order valence-corrected chi connectivity index (χ4v) is 1.74. The van der Waals surface area contributed by atoms with Crippen LogP contribution in [0.1, 0.15) is 0 Å². The van der Waals surface area contributed by atoms with E-state index in [1.165, 1.54) is 0 Å². The van der Waals surface area contributed by atoms with Crippen LogP contribution in [-0.4, -0.2) is 78.4 Å². The zero-order valence-corrected chi connectivity index (χ0v) is 13.5. The van der Waals surface area contributed by atoms with E-state index >= 15 is 0 Å². The van der Waals surface area contributed by atoms with Crippen molar-refractivity contribution in [2.45, 2.75) is 0 Å². The molecule has 0 bridgehead atoms. The number of hydrogen-bond acceptors (Lipinski definition) is 8. The topological polar surface area (TPSA) is 129 Å². The van der Waals surface area contributed by atoms with Gasteiger partial charge in [-0.1, -0.05) is 18.2 Å². The molecule has 0 saturated heterocycles. The first kappa shape index (κ1) is 20.8. The van der Waals surface area contributed by atoms with E-state index in [4.69, 9.17) is 14.5 Å². The molecule has 8 heteroatoms. The minimum atomic E-state index is -1.18.